The maximum atomic E-state index is 9.51. The molecule has 4 atom stereocenters. The van der Waals surface area contributed by atoms with Crippen LogP contribution in [-0.4, -0.2) is 46.3 Å². The first-order chi connectivity index (χ1) is 6.60. The third kappa shape index (κ3) is 2.33. The average molecular weight is 202 g/mol. The Labute approximate surface area is 83.8 Å². The van der Waals surface area contributed by atoms with Gasteiger partial charge in [0.05, 0.1) is 18.8 Å². The van der Waals surface area contributed by atoms with E-state index in [1.807, 2.05) is 6.92 Å². The van der Waals surface area contributed by atoms with E-state index in [0.717, 1.165) is 12.0 Å². The lowest BCUT2D eigenvalue weighted by Gasteiger charge is -2.37. The summed E-state index contributed by atoms with van der Waals surface area (Å²) in [6.07, 6.45) is -1.67. The zero-order valence-corrected chi connectivity index (χ0v) is 8.39. The molecule has 0 aromatic carbocycles. The molecule has 0 aliphatic carbocycles. The quantitative estimate of drug-likeness (QED) is 0.555. The van der Waals surface area contributed by atoms with E-state index < -0.39 is 18.3 Å². The molecular formula is C10H18O4. The Bertz CT molecular complexity index is 204. The Morgan fingerprint density at radius 3 is 2.64 bits per heavy atom. The average Bonchev–Trinajstić information content (AvgIpc) is 2.20. The molecule has 0 aromatic rings. The largest absolute Gasteiger partial charge is 0.394 e. The normalized spacial score (nSPS) is 38.3. The van der Waals surface area contributed by atoms with E-state index in [0.29, 0.717) is 6.42 Å². The van der Waals surface area contributed by atoms with Gasteiger partial charge in [-0.15, -0.1) is 0 Å². The summed E-state index contributed by atoms with van der Waals surface area (Å²) in [4.78, 5) is 0. The molecule has 82 valence electrons. The van der Waals surface area contributed by atoms with Crippen LogP contribution in [0.2, 0.25) is 0 Å². The fourth-order valence-electron chi connectivity index (χ4n) is 1.60. The first-order valence-electron chi connectivity index (χ1n) is 4.90. The van der Waals surface area contributed by atoms with Gasteiger partial charge in [0.15, 0.2) is 0 Å². The molecule has 0 spiro atoms. The van der Waals surface area contributed by atoms with Gasteiger partial charge in [0, 0.05) is 6.42 Å². The molecule has 1 heterocycles. The van der Waals surface area contributed by atoms with Crippen LogP contribution < -0.4 is 0 Å². The Balaban J connectivity index is 2.62. The predicted octanol–water partition coefficient (Wildman–Crippen LogP) is -0.176. The molecule has 0 amide bonds. The molecule has 4 unspecified atom stereocenters. The minimum absolute atomic E-state index is 0.254. The van der Waals surface area contributed by atoms with Crippen molar-refractivity contribution in [3.05, 3.63) is 12.2 Å². The van der Waals surface area contributed by atoms with Gasteiger partial charge in [-0.3, -0.25) is 0 Å². The number of rotatable bonds is 3. The number of aliphatic hydroxyl groups is 3. The molecule has 1 aliphatic rings. The summed E-state index contributed by atoms with van der Waals surface area (Å²) in [6, 6.07) is 0. The molecule has 3 N–H and O–H groups in total. The van der Waals surface area contributed by atoms with Gasteiger partial charge in [0.25, 0.3) is 0 Å². The van der Waals surface area contributed by atoms with Gasteiger partial charge in [-0.25, -0.2) is 0 Å². The van der Waals surface area contributed by atoms with E-state index in [1.54, 1.807) is 0 Å². The summed E-state index contributed by atoms with van der Waals surface area (Å²) >= 11 is 0. The van der Waals surface area contributed by atoms with Crippen molar-refractivity contribution in [2.75, 3.05) is 6.61 Å². The molecule has 1 rings (SSSR count). The Kier molecular flexibility index (Phi) is 4.07. The van der Waals surface area contributed by atoms with Crippen molar-refractivity contribution in [3.63, 3.8) is 0 Å². The standard InChI is InChI=1S/C10H18O4/c1-3-6(2)8-4-7(12)10(13)9(5-11)14-8/h7-13H,2-5H2,1H3. The lowest BCUT2D eigenvalue weighted by molar-refractivity contribution is -0.170. The Morgan fingerprint density at radius 1 is 1.50 bits per heavy atom. The van der Waals surface area contributed by atoms with Gasteiger partial charge in [-0.2, -0.15) is 0 Å². The van der Waals surface area contributed by atoms with Gasteiger partial charge >= 0.3 is 0 Å². The second kappa shape index (κ2) is 4.89. The van der Waals surface area contributed by atoms with E-state index >= 15 is 0 Å². The van der Waals surface area contributed by atoms with Crippen LogP contribution in [0.3, 0.4) is 0 Å². The van der Waals surface area contributed by atoms with Crippen molar-refractivity contribution < 1.29 is 20.1 Å². The van der Waals surface area contributed by atoms with Gasteiger partial charge in [-0.05, 0) is 12.0 Å². The summed E-state index contributed by atoms with van der Waals surface area (Å²) in [5, 5.41) is 27.9. The van der Waals surface area contributed by atoms with Crippen LogP contribution in [0.5, 0.6) is 0 Å². The minimum Gasteiger partial charge on any atom is -0.394 e. The zero-order chi connectivity index (χ0) is 10.7. The van der Waals surface area contributed by atoms with E-state index in [2.05, 4.69) is 6.58 Å². The van der Waals surface area contributed by atoms with Crippen LogP contribution in [0.4, 0.5) is 0 Å². The minimum atomic E-state index is -0.999. The van der Waals surface area contributed by atoms with Gasteiger partial charge < -0.3 is 20.1 Å². The van der Waals surface area contributed by atoms with Crippen LogP contribution >= 0.6 is 0 Å². The number of aliphatic hydroxyl groups excluding tert-OH is 3. The van der Waals surface area contributed by atoms with Crippen molar-refractivity contribution in [3.8, 4) is 0 Å². The molecule has 1 saturated heterocycles. The van der Waals surface area contributed by atoms with Gasteiger partial charge in [0.2, 0.25) is 0 Å². The molecule has 0 radical (unpaired) electrons. The summed E-state index contributed by atoms with van der Waals surface area (Å²) in [5.41, 5.74) is 0.884. The molecule has 1 fully saturated rings. The topological polar surface area (TPSA) is 69.9 Å². The number of hydrogen-bond acceptors (Lipinski definition) is 4. The van der Waals surface area contributed by atoms with Crippen molar-refractivity contribution in [1.29, 1.82) is 0 Å². The highest BCUT2D eigenvalue weighted by atomic mass is 16.5. The summed E-state index contributed by atoms with van der Waals surface area (Å²) < 4.78 is 5.41. The molecule has 0 aromatic heterocycles. The third-order valence-electron chi connectivity index (χ3n) is 2.66. The fraction of sp³-hybridized carbons (Fsp3) is 0.800. The van der Waals surface area contributed by atoms with Crippen LogP contribution in [0.25, 0.3) is 0 Å². The zero-order valence-electron chi connectivity index (χ0n) is 8.39. The van der Waals surface area contributed by atoms with Crippen molar-refractivity contribution in [2.45, 2.75) is 44.2 Å². The summed E-state index contributed by atoms with van der Waals surface area (Å²) in [6.45, 7) is 5.50. The number of ether oxygens (including phenoxy) is 1. The van der Waals surface area contributed by atoms with E-state index in [-0.39, 0.29) is 12.7 Å². The summed E-state index contributed by atoms with van der Waals surface area (Å²) in [5.74, 6) is 0. The van der Waals surface area contributed by atoms with Crippen molar-refractivity contribution in [1.82, 2.24) is 0 Å². The van der Waals surface area contributed by atoms with Gasteiger partial charge in [-0.1, -0.05) is 13.5 Å². The molecule has 0 bridgehead atoms. The lowest BCUT2D eigenvalue weighted by atomic mass is 9.94. The highest BCUT2D eigenvalue weighted by molar-refractivity contribution is 5.05. The number of hydrogen-bond donors (Lipinski definition) is 3. The van der Waals surface area contributed by atoms with E-state index in [4.69, 9.17) is 9.84 Å². The molecule has 4 nitrogen and oxygen atoms in total. The smallest absolute Gasteiger partial charge is 0.110 e. The maximum Gasteiger partial charge on any atom is 0.110 e. The maximum absolute atomic E-state index is 9.51. The van der Waals surface area contributed by atoms with Crippen LogP contribution in [0, 0.1) is 0 Å². The van der Waals surface area contributed by atoms with Crippen LogP contribution in [0.15, 0.2) is 12.2 Å². The second-order valence-corrected chi connectivity index (χ2v) is 3.65. The fourth-order valence-corrected chi connectivity index (χ4v) is 1.60. The van der Waals surface area contributed by atoms with Crippen LogP contribution in [0.1, 0.15) is 19.8 Å². The Morgan fingerprint density at radius 2 is 2.14 bits per heavy atom. The SMILES string of the molecule is C=C(CC)C1CC(O)C(O)C(CO)O1. The predicted molar refractivity (Wildman–Crippen MR) is 51.8 cm³/mol. The molecule has 1 aliphatic heterocycles. The molecule has 0 saturated carbocycles. The first kappa shape index (κ1) is 11.7. The molecular weight excluding hydrogens is 184 g/mol. The first-order valence-corrected chi connectivity index (χ1v) is 4.90. The van der Waals surface area contributed by atoms with E-state index in [1.165, 1.54) is 0 Å². The second-order valence-electron chi connectivity index (χ2n) is 3.65. The monoisotopic (exact) mass is 202 g/mol. The Hall–Kier alpha value is -0.420. The van der Waals surface area contributed by atoms with Crippen molar-refractivity contribution in [2.24, 2.45) is 0 Å². The molecule has 14 heavy (non-hydrogen) atoms. The van der Waals surface area contributed by atoms with E-state index in [9.17, 15) is 10.2 Å². The highest BCUT2D eigenvalue weighted by Gasteiger charge is 2.36. The van der Waals surface area contributed by atoms with Crippen LogP contribution in [-0.2, 0) is 4.74 Å². The van der Waals surface area contributed by atoms with Gasteiger partial charge in [0.1, 0.15) is 12.2 Å². The van der Waals surface area contributed by atoms with Crippen molar-refractivity contribution >= 4 is 0 Å². The molecule has 4 heteroatoms. The summed E-state index contributed by atoms with van der Waals surface area (Å²) in [7, 11) is 0. The third-order valence-corrected chi connectivity index (χ3v) is 2.66. The highest BCUT2D eigenvalue weighted by Crippen LogP contribution is 2.25. The lowest BCUT2D eigenvalue weighted by Crippen LogP contribution is -2.50.